The molecule has 4 nitrogen and oxygen atoms in total. The van der Waals surface area contributed by atoms with Crippen LogP contribution in [0.4, 0.5) is 0 Å². The zero-order valence-corrected chi connectivity index (χ0v) is 15.1. The Morgan fingerprint density at radius 3 is 2.76 bits per heavy atom. The molecule has 4 aliphatic rings. The van der Waals surface area contributed by atoms with Crippen molar-refractivity contribution in [2.75, 3.05) is 6.61 Å². The Kier molecular flexibility index (Phi) is 3.86. The molecule has 6 unspecified atom stereocenters. The summed E-state index contributed by atoms with van der Waals surface area (Å²) in [4.78, 5) is 24.1. The van der Waals surface area contributed by atoms with E-state index in [0.717, 1.165) is 31.3 Å². The zero-order valence-electron chi connectivity index (χ0n) is 15.1. The average Bonchev–Trinajstić information content (AvgIpc) is 2.91. The van der Waals surface area contributed by atoms with E-state index < -0.39 is 12.7 Å². The first kappa shape index (κ1) is 17.2. The smallest absolute Gasteiger partial charge is 0.178 e. The Morgan fingerprint density at radius 1 is 1.28 bits per heavy atom. The molecule has 0 radical (unpaired) electrons. The molecule has 4 heteroatoms. The summed E-state index contributed by atoms with van der Waals surface area (Å²) >= 11 is 0. The second kappa shape index (κ2) is 5.62. The van der Waals surface area contributed by atoms with Gasteiger partial charge in [0.15, 0.2) is 11.6 Å². The highest BCUT2D eigenvalue weighted by atomic mass is 16.3. The van der Waals surface area contributed by atoms with Gasteiger partial charge in [-0.2, -0.15) is 0 Å². The van der Waals surface area contributed by atoms with Crippen LogP contribution in [0.2, 0.25) is 0 Å². The molecule has 4 rings (SSSR count). The largest absolute Gasteiger partial charge is 0.393 e. The third-order valence-electron chi connectivity index (χ3n) is 8.04. The van der Waals surface area contributed by atoms with E-state index in [-0.39, 0.29) is 34.2 Å². The van der Waals surface area contributed by atoms with Crippen molar-refractivity contribution in [1.29, 1.82) is 0 Å². The lowest BCUT2D eigenvalue weighted by atomic mass is 9.46. The van der Waals surface area contributed by atoms with Crippen LogP contribution in [0.15, 0.2) is 23.8 Å². The molecule has 0 aromatic carbocycles. The minimum Gasteiger partial charge on any atom is -0.393 e. The highest BCUT2D eigenvalue weighted by Gasteiger charge is 2.62. The summed E-state index contributed by atoms with van der Waals surface area (Å²) in [6, 6.07) is 0. The van der Waals surface area contributed by atoms with E-state index >= 15 is 0 Å². The normalized spacial score (nSPS) is 48.4. The summed E-state index contributed by atoms with van der Waals surface area (Å²) < 4.78 is 0. The van der Waals surface area contributed by atoms with Crippen LogP contribution >= 0.6 is 0 Å². The van der Waals surface area contributed by atoms with Crippen LogP contribution < -0.4 is 0 Å². The van der Waals surface area contributed by atoms with Gasteiger partial charge in [-0.1, -0.05) is 25.5 Å². The molecule has 0 spiro atoms. The molecular weight excluding hydrogens is 316 g/mol. The van der Waals surface area contributed by atoms with E-state index in [1.807, 2.05) is 6.08 Å². The fraction of sp³-hybridized carbons (Fsp3) is 0.714. The number of rotatable bonds is 2. The van der Waals surface area contributed by atoms with Crippen molar-refractivity contribution in [2.24, 2.45) is 34.5 Å². The third-order valence-corrected chi connectivity index (χ3v) is 8.04. The molecule has 136 valence electrons. The van der Waals surface area contributed by atoms with Gasteiger partial charge >= 0.3 is 0 Å². The molecule has 0 aromatic heterocycles. The topological polar surface area (TPSA) is 74.6 Å². The molecule has 25 heavy (non-hydrogen) atoms. The number of fused-ring (bicyclic) bond motifs is 5. The fourth-order valence-corrected chi connectivity index (χ4v) is 6.96. The Hall–Kier alpha value is -1.26. The molecule has 2 N–H and O–H groups in total. The highest BCUT2D eigenvalue weighted by Crippen LogP contribution is 2.65. The van der Waals surface area contributed by atoms with Crippen molar-refractivity contribution in [3.63, 3.8) is 0 Å². The number of carbonyl (C=O) groups is 2. The standard InChI is InChI=1S/C21H28O4/c1-20-8-7-13(23)9-12(20)3-4-14-15-5-6-16(18(25)11-22)21(15,2)10-17(24)19(14)20/h7-9,14-17,19,22,24H,3-6,10-11H2,1-2H3/t14?,15?,16-,17?,19?,20?,21?/m1/s1. The summed E-state index contributed by atoms with van der Waals surface area (Å²) in [7, 11) is 0. The van der Waals surface area contributed by atoms with Crippen molar-refractivity contribution in [3.8, 4) is 0 Å². The number of aliphatic hydroxyl groups is 2. The Labute approximate surface area is 149 Å². The molecule has 0 heterocycles. The van der Waals surface area contributed by atoms with Gasteiger partial charge in [0, 0.05) is 17.3 Å². The maximum atomic E-state index is 12.3. The molecule has 3 saturated carbocycles. The molecule has 3 fully saturated rings. The van der Waals surface area contributed by atoms with Crippen LogP contribution in [0.25, 0.3) is 0 Å². The van der Waals surface area contributed by atoms with Crippen LogP contribution in [0.1, 0.15) is 46.0 Å². The predicted molar refractivity (Wildman–Crippen MR) is 93.6 cm³/mol. The zero-order chi connectivity index (χ0) is 18.0. The summed E-state index contributed by atoms with van der Waals surface area (Å²) in [6.45, 7) is 3.92. The SMILES string of the molecule is CC12C=CC(=O)C=C1CCC1C2C(O)CC2(C)C1CC[C@@H]2C(=O)CO. The van der Waals surface area contributed by atoms with E-state index in [4.69, 9.17) is 0 Å². The number of ketones is 2. The second-order valence-corrected chi connectivity index (χ2v) is 9.05. The third kappa shape index (κ3) is 2.26. The van der Waals surface area contributed by atoms with Gasteiger partial charge in [0.05, 0.1) is 6.10 Å². The van der Waals surface area contributed by atoms with Crippen LogP contribution in [0, 0.1) is 34.5 Å². The second-order valence-electron chi connectivity index (χ2n) is 9.05. The summed E-state index contributed by atoms with van der Waals surface area (Å²) in [5.41, 5.74) is 0.688. The molecule has 0 aromatic rings. The monoisotopic (exact) mass is 344 g/mol. The van der Waals surface area contributed by atoms with Gasteiger partial charge in [0.2, 0.25) is 0 Å². The van der Waals surface area contributed by atoms with Crippen molar-refractivity contribution >= 4 is 11.6 Å². The van der Waals surface area contributed by atoms with E-state index in [1.165, 1.54) is 0 Å². The summed E-state index contributed by atoms with van der Waals surface area (Å²) in [5.74, 6) is 0.734. The Bertz CT molecular complexity index is 677. The Morgan fingerprint density at radius 2 is 2.04 bits per heavy atom. The van der Waals surface area contributed by atoms with E-state index in [2.05, 4.69) is 13.8 Å². The van der Waals surface area contributed by atoms with Crippen LogP contribution in [0.5, 0.6) is 0 Å². The number of allylic oxidation sites excluding steroid dienone is 4. The first-order chi connectivity index (χ1) is 11.8. The molecular formula is C21H28O4. The molecule has 7 atom stereocenters. The maximum Gasteiger partial charge on any atom is 0.178 e. The van der Waals surface area contributed by atoms with Gasteiger partial charge in [-0.3, -0.25) is 9.59 Å². The maximum absolute atomic E-state index is 12.3. The van der Waals surface area contributed by atoms with Gasteiger partial charge in [-0.25, -0.2) is 0 Å². The van der Waals surface area contributed by atoms with Gasteiger partial charge in [0.1, 0.15) is 6.61 Å². The molecule has 0 amide bonds. The van der Waals surface area contributed by atoms with Crippen LogP contribution in [-0.2, 0) is 9.59 Å². The first-order valence-electron chi connectivity index (χ1n) is 9.57. The van der Waals surface area contributed by atoms with Crippen LogP contribution in [-0.4, -0.2) is 34.5 Å². The quantitative estimate of drug-likeness (QED) is 0.807. The number of Topliss-reactive ketones (excluding diaryl/α,β-unsaturated/α-hetero) is 1. The van der Waals surface area contributed by atoms with E-state index in [9.17, 15) is 19.8 Å². The van der Waals surface area contributed by atoms with Crippen molar-refractivity contribution < 1.29 is 19.8 Å². The number of hydrogen-bond donors (Lipinski definition) is 2. The molecule has 0 bridgehead atoms. The number of carbonyl (C=O) groups excluding carboxylic acids is 2. The first-order valence-corrected chi connectivity index (χ1v) is 9.57. The number of aliphatic hydroxyl groups excluding tert-OH is 2. The van der Waals surface area contributed by atoms with Gasteiger partial charge in [-0.15, -0.1) is 0 Å². The lowest BCUT2D eigenvalue weighted by molar-refractivity contribution is -0.141. The fourth-order valence-electron chi connectivity index (χ4n) is 6.96. The van der Waals surface area contributed by atoms with Gasteiger partial charge in [0.25, 0.3) is 0 Å². The predicted octanol–water partition coefficient (Wildman–Crippen LogP) is 2.44. The van der Waals surface area contributed by atoms with Crippen molar-refractivity contribution in [2.45, 2.75) is 52.1 Å². The highest BCUT2D eigenvalue weighted by molar-refractivity contribution is 6.01. The minimum absolute atomic E-state index is 0.0514. The number of hydrogen-bond acceptors (Lipinski definition) is 4. The summed E-state index contributed by atoms with van der Waals surface area (Å²) in [6.07, 6.45) is 9.25. The van der Waals surface area contributed by atoms with Crippen LogP contribution in [0.3, 0.4) is 0 Å². The average molecular weight is 344 g/mol. The lowest BCUT2D eigenvalue weighted by Crippen LogP contribution is -2.56. The summed E-state index contributed by atoms with van der Waals surface area (Å²) in [5, 5.41) is 20.5. The Balaban J connectivity index is 1.71. The van der Waals surface area contributed by atoms with E-state index in [1.54, 1.807) is 12.2 Å². The van der Waals surface area contributed by atoms with Crippen molar-refractivity contribution in [3.05, 3.63) is 23.8 Å². The van der Waals surface area contributed by atoms with Crippen molar-refractivity contribution in [1.82, 2.24) is 0 Å². The molecule has 4 aliphatic carbocycles. The van der Waals surface area contributed by atoms with E-state index in [0.29, 0.717) is 18.3 Å². The van der Waals surface area contributed by atoms with Gasteiger partial charge < -0.3 is 10.2 Å². The molecule has 0 aliphatic heterocycles. The van der Waals surface area contributed by atoms with Gasteiger partial charge in [-0.05, 0) is 61.5 Å². The minimum atomic E-state index is -0.482. The molecule has 0 saturated heterocycles. The lowest BCUT2D eigenvalue weighted by Gasteiger charge is -2.58.